The highest BCUT2D eigenvalue weighted by molar-refractivity contribution is 8.00. The first-order chi connectivity index (χ1) is 8.66. The van der Waals surface area contributed by atoms with Gasteiger partial charge < -0.3 is 5.11 Å². The molecule has 0 radical (unpaired) electrons. The smallest absolute Gasteiger partial charge is 0.321 e. The van der Waals surface area contributed by atoms with Gasteiger partial charge in [-0.15, -0.1) is 0 Å². The van der Waals surface area contributed by atoms with Crippen LogP contribution >= 0.6 is 11.8 Å². The Morgan fingerprint density at radius 1 is 1.28 bits per heavy atom. The zero-order chi connectivity index (χ0) is 13.0. The van der Waals surface area contributed by atoms with Crippen LogP contribution in [0.5, 0.6) is 0 Å². The molecule has 4 nitrogen and oxygen atoms in total. The van der Waals surface area contributed by atoms with Gasteiger partial charge in [0.1, 0.15) is 16.6 Å². The monoisotopic (exact) mass is 260 g/mol. The summed E-state index contributed by atoms with van der Waals surface area (Å²) in [5.74, 6) is -0.873. The maximum Gasteiger partial charge on any atom is 0.321 e. The lowest BCUT2D eigenvalue weighted by Gasteiger charge is -2.11. The fraction of sp³-hybridized carbons (Fsp3) is 0.154. The number of hydrogen-bond donors (Lipinski definition) is 1. The van der Waals surface area contributed by atoms with Gasteiger partial charge in [-0.25, -0.2) is 9.97 Å². The fourth-order valence-corrected chi connectivity index (χ4v) is 2.49. The van der Waals surface area contributed by atoms with Gasteiger partial charge in [-0.2, -0.15) is 0 Å². The van der Waals surface area contributed by atoms with Crippen molar-refractivity contribution in [3.8, 4) is 0 Å². The molecule has 0 aliphatic rings. The van der Waals surface area contributed by atoms with Crippen LogP contribution in [0.25, 0.3) is 0 Å². The molecule has 2 aromatic rings. The summed E-state index contributed by atoms with van der Waals surface area (Å²) in [6, 6.07) is 10.9. The van der Waals surface area contributed by atoms with Gasteiger partial charge in [-0.1, -0.05) is 42.1 Å². The SMILES string of the molecule is Cc1cc(SC(C(=O)O)c2ccccc2)ncn1. The first kappa shape index (κ1) is 12.6. The molecule has 0 amide bonds. The zero-order valence-corrected chi connectivity index (χ0v) is 10.6. The third-order valence-electron chi connectivity index (χ3n) is 2.34. The largest absolute Gasteiger partial charge is 0.480 e. The standard InChI is InChI=1S/C13H12N2O2S/c1-9-7-11(15-8-14-9)18-12(13(16)17)10-5-3-2-4-6-10/h2-8,12H,1H3,(H,16,17). The maximum absolute atomic E-state index is 11.3. The zero-order valence-electron chi connectivity index (χ0n) is 9.78. The highest BCUT2D eigenvalue weighted by atomic mass is 32.2. The molecule has 0 aliphatic carbocycles. The summed E-state index contributed by atoms with van der Waals surface area (Å²) in [5, 5.41) is 9.31. The van der Waals surface area contributed by atoms with Crippen LogP contribution in [0.15, 0.2) is 47.8 Å². The molecule has 0 bridgehead atoms. The summed E-state index contributed by atoms with van der Waals surface area (Å²) < 4.78 is 0. The van der Waals surface area contributed by atoms with Gasteiger partial charge in [0, 0.05) is 5.69 Å². The summed E-state index contributed by atoms with van der Waals surface area (Å²) in [7, 11) is 0. The molecule has 18 heavy (non-hydrogen) atoms. The van der Waals surface area contributed by atoms with Crippen molar-refractivity contribution in [1.82, 2.24) is 9.97 Å². The van der Waals surface area contributed by atoms with E-state index in [1.807, 2.05) is 25.1 Å². The van der Waals surface area contributed by atoms with Crippen molar-refractivity contribution in [2.24, 2.45) is 0 Å². The molecule has 5 heteroatoms. The number of thioether (sulfide) groups is 1. The minimum atomic E-state index is -0.873. The van der Waals surface area contributed by atoms with E-state index < -0.39 is 11.2 Å². The number of aryl methyl sites for hydroxylation is 1. The van der Waals surface area contributed by atoms with E-state index in [0.717, 1.165) is 11.3 Å². The van der Waals surface area contributed by atoms with Crippen molar-refractivity contribution in [3.05, 3.63) is 54.0 Å². The van der Waals surface area contributed by atoms with Crippen molar-refractivity contribution in [1.29, 1.82) is 0 Å². The lowest BCUT2D eigenvalue weighted by Crippen LogP contribution is -2.08. The molecule has 1 atom stereocenters. The molecular formula is C13H12N2O2S. The highest BCUT2D eigenvalue weighted by Gasteiger charge is 2.21. The van der Waals surface area contributed by atoms with Crippen LogP contribution in [-0.2, 0) is 4.79 Å². The highest BCUT2D eigenvalue weighted by Crippen LogP contribution is 2.34. The third kappa shape index (κ3) is 3.07. The number of aliphatic carboxylic acids is 1. The lowest BCUT2D eigenvalue weighted by atomic mass is 10.1. The molecule has 2 rings (SSSR count). The van der Waals surface area contributed by atoms with E-state index >= 15 is 0 Å². The first-order valence-electron chi connectivity index (χ1n) is 5.40. The van der Waals surface area contributed by atoms with E-state index in [1.165, 1.54) is 18.1 Å². The van der Waals surface area contributed by atoms with E-state index in [9.17, 15) is 9.90 Å². The molecule has 0 fully saturated rings. The Bertz CT molecular complexity index is 546. The van der Waals surface area contributed by atoms with Crippen LogP contribution in [0.1, 0.15) is 16.5 Å². The minimum absolute atomic E-state index is 0.652. The summed E-state index contributed by atoms with van der Waals surface area (Å²) in [6.07, 6.45) is 1.45. The van der Waals surface area contributed by atoms with Gasteiger partial charge in [-0.05, 0) is 18.6 Å². The number of rotatable bonds is 4. The molecule has 1 N–H and O–H groups in total. The Morgan fingerprint density at radius 3 is 2.61 bits per heavy atom. The molecule has 0 spiro atoms. The second-order valence-corrected chi connectivity index (χ2v) is 4.87. The van der Waals surface area contributed by atoms with Crippen LogP contribution in [0.2, 0.25) is 0 Å². The first-order valence-corrected chi connectivity index (χ1v) is 6.28. The normalized spacial score (nSPS) is 12.1. The van der Waals surface area contributed by atoms with Crippen LogP contribution in [0.3, 0.4) is 0 Å². The van der Waals surface area contributed by atoms with Crippen molar-refractivity contribution in [2.45, 2.75) is 17.2 Å². The number of benzene rings is 1. The van der Waals surface area contributed by atoms with Crippen molar-refractivity contribution in [3.63, 3.8) is 0 Å². The predicted molar refractivity (Wildman–Crippen MR) is 69.4 cm³/mol. The molecule has 1 heterocycles. The van der Waals surface area contributed by atoms with Crippen LogP contribution in [0.4, 0.5) is 0 Å². The Labute approximate surface area is 109 Å². The quantitative estimate of drug-likeness (QED) is 0.676. The number of carboxylic acids is 1. The summed E-state index contributed by atoms with van der Waals surface area (Å²) in [5.41, 5.74) is 1.58. The number of carboxylic acid groups (broad SMARTS) is 1. The average molecular weight is 260 g/mol. The molecule has 1 aromatic carbocycles. The molecular weight excluding hydrogens is 248 g/mol. The molecule has 1 aromatic heterocycles. The van der Waals surface area contributed by atoms with Crippen LogP contribution in [-0.4, -0.2) is 21.0 Å². The maximum atomic E-state index is 11.3. The fourth-order valence-electron chi connectivity index (χ4n) is 1.50. The van der Waals surface area contributed by atoms with Gasteiger partial charge in [0.05, 0.1) is 0 Å². The average Bonchev–Trinajstić information content (AvgIpc) is 2.37. The summed E-state index contributed by atoms with van der Waals surface area (Å²) in [6.45, 7) is 1.85. The second-order valence-electron chi connectivity index (χ2n) is 3.74. The third-order valence-corrected chi connectivity index (χ3v) is 3.52. The van der Waals surface area contributed by atoms with Gasteiger partial charge >= 0.3 is 5.97 Å². The summed E-state index contributed by atoms with van der Waals surface area (Å²) in [4.78, 5) is 19.4. The van der Waals surface area contributed by atoms with Gasteiger partial charge in [0.25, 0.3) is 0 Å². The summed E-state index contributed by atoms with van der Waals surface area (Å²) >= 11 is 1.21. The molecule has 92 valence electrons. The van der Waals surface area contributed by atoms with Gasteiger partial charge in [0.2, 0.25) is 0 Å². The Hall–Kier alpha value is -1.88. The lowest BCUT2D eigenvalue weighted by molar-refractivity contribution is -0.136. The van der Waals surface area contributed by atoms with E-state index in [0.29, 0.717) is 5.03 Å². The van der Waals surface area contributed by atoms with Crippen molar-refractivity contribution >= 4 is 17.7 Å². The second kappa shape index (κ2) is 5.64. The van der Waals surface area contributed by atoms with Gasteiger partial charge in [0.15, 0.2) is 0 Å². The van der Waals surface area contributed by atoms with Crippen molar-refractivity contribution < 1.29 is 9.90 Å². The Balaban J connectivity index is 2.25. The Morgan fingerprint density at radius 2 is 2.00 bits per heavy atom. The topological polar surface area (TPSA) is 63.1 Å². The van der Waals surface area contributed by atoms with Crippen LogP contribution < -0.4 is 0 Å². The molecule has 0 aliphatic heterocycles. The van der Waals surface area contributed by atoms with E-state index in [-0.39, 0.29) is 0 Å². The minimum Gasteiger partial charge on any atom is -0.480 e. The molecule has 0 saturated heterocycles. The number of aromatic nitrogens is 2. The van der Waals surface area contributed by atoms with E-state index in [2.05, 4.69) is 9.97 Å². The van der Waals surface area contributed by atoms with Gasteiger partial charge in [-0.3, -0.25) is 4.79 Å². The van der Waals surface area contributed by atoms with Crippen LogP contribution in [0, 0.1) is 6.92 Å². The van der Waals surface area contributed by atoms with E-state index in [4.69, 9.17) is 0 Å². The Kier molecular flexibility index (Phi) is 3.94. The number of carbonyl (C=O) groups is 1. The number of nitrogens with zero attached hydrogens (tertiary/aromatic N) is 2. The van der Waals surface area contributed by atoms with Crippen molar-refractivity contribution in [2.75, 3.05) is 0 Å². The molecule has 0 saturated carbocycles. The number of hydrogen-bond acceptors (Lipinski definition) is 4. The van der Waals surface area contributed by atoms with E-state index in [1.54, 1.807) is 18.2 Å². The molecule has 1 unspecified atom stereocenters. The predicted octanol–water partition coefficient (Wildman–Crippen LogP) is 2.70.